The number of nitro benzene ring substituents is 2. The van der Waals surface area contributed by atoms with Gasteiger partial charge in [0, 0.05) is 18.2 Å². The van der Waals surface area contributed by atoms with E-state index in [1.807, 2.05) is 0 Å². The number of primary sulfonamides is 1. The summed E-state index contributed by atoms with van der Waals surface area (Å²) in [6, 6.07) is 7.14. The fraction of sp³-hybridized carbons (Fsp3) is 0.133. The Morgan fingerprint density at radius 3 is 2.19 bits per heavy atom. The minimum Gasteiger partial charge on any atom is -0.348 e. The first-order chi connectivity index (χ1) is 12.5. The number of benzene rings is 2. The first-order valence-electron chi connectivity index (χ1n) is 7.34. The second-order valence-electron chi connectivity index (χ2n) is 5.52. The molecule has 0 atom stereocenters. The minimum absolute atomic E-state index is 0.00678. The van der Waals surface area contributed by atoms with Gasteiger partial charge in [-0.05, 0) is 24.6 Å². The van der Waals surface area contributed by atoms with Crippen molar-refractivity contribution in [2.75, 3.05) is 0 Å². The minimum atomic E-state index is -3.84. The molecule has 27 heavy (non-hydrogen) atoms. The molecule has 0 aliphatic rings. The number of nitro groups is 2. The lowest BCUT2D eigenvalue weighted by Gasteiger charge is -2.09. The Morgan fingerprint density at radius 1 is 1.11 bits per heavy atom. The molecule has 0 heterocycles. The van der Waals surface area contributed by atoms with Gasteiger partial charge in [0.2, 0.25) is 10.0 Å². The Labute approximate surface area is 153 Å². The second-order valence-corrected chi connectivity index (χ2v) is 7.08. The summed E-state index contributed by atoms with van der Waals surface area (Å²) in [6.07, 6.45) is 0. The first-order valence-corrected chi connectivity index (χ1v) is 8.88. The summed E-state index contributed by atoms with van der Waals surface area (Å²) in [6.45, 7) is 1.29. The summed E-state index contributed by atoms with van der Waals surface area (Å²) in [5.74, 6) is -0.741. The highest BCUT2D eigenvalue weighted by Gasteiger charge is 2.24. The van der Waals surface area contributed by atoms with Crippen LogP contribution < -0.4 is 10.5 Å². The highest BCUT2D eigenvalue weighted by molar-refractivity contribution is 7.89. The Kier molecular flexibility index (Phi) is 5.52. The third-order valence-electron chi connectivity index (χ3n) is 3.72. The Balaban J connectivity index is 2.25. The van der Waals surface area contributed by atoms with Crippen LogP contribution in [0.1, 0.15) is 21.5 Å². The van der Waals surface area contributed by atoms with Crippen molar-refractivity contribution in [2.45, 2.75) is 18.4 Å². The van der Waals surface area contributed by atoms with Crippen molar-refractivity contribution in [1.29, 1.82) is 0 Å². The van der Waals surface area contributed by atoms with E-state index < -0.39 is 37.2 Å². The van der Waals surface area contributed by atoms with Crippen molar-refractivity contribution in [2.24, 2.45) is 5.14 Å². The third kappa shape index (κ3) is 4.62. The molecule has 0 unspecified atom stereocenters. The normalized spacial score (nSPS) is 11.0. The predicted octanol–water partition coefficient (Wildman–Crippen LogP) is 1.39. The van der Waals surface area contributed by atoms with Gasteiger partial charge in [-0.3, -0.25) is 25.0 Å². The van der Waals surface area contributed by atoms with Gasteiger partial charge in [0.05, 0.1) is 26.4 Å². The molecule has 0 aliphatic heterocycles. The molecule has 0 fully saturated rings. The molecule has 2 aromatic rings. The molecular formula is C15H14N4O7S. The number of rotatable bonds is 6. The maximum absolute atomic E-state index is 12.3. The van der Waals surface area contributed by atoms with Crippen LogP contribution in [0.15, 0.2) is 41.3 Å². The first kappa shape index (κ1) is 19.9. The molecule has 1 amide bonds. The number of hydrogen-bond acceptors (Lipinski definition) is 7. The zero-order valence-corrected chi connectivity index (χ0v) is 14.7. The molecule has 0 spiro atoms. The predicted molar refractivity (Wildman–Crippen MR) is 93.5 cm³/mol. The number of nitrogens with zero attached hydrogens (tertiary/aromatic N) is 2. The average Bonchev–Trinajstić information content (AvgIpc) is 2.59. The molecule has 0 aliphatic carbocycles. The lowest BCUT2D eigenvalue weighted by atomic mass is 10.0. The summed E-state index contributed by atoms with van der Waals surface area (Å²) in [5, 5.41) is 29.5. The molecule has 0 saturated carbocycles. The van der Waals surface area contributed by atoms with E-state index in [9.17, 15) is 33.4 Å². The lowest BCUT2D eigenvalue weighted by molar-refractivity contribution is -0.394. The zero-order valence-electron chi connectivity index (χ0n) is 13.9. The number of nitrogens with one attached hydrogen (secondary N) is 1. The summed E-state index contributed by atoms with van der Waals surface area (Å²) < 4.78 is 22.4. The fourth-order valence-electron chi connectivity index (χ4n) is 2.29. The van der Waals surface area contributed by atoms with Crippen LogP contribution in [-0.4, -0.2) is 24.2 Å². The van der Waals surface area contributed by atoms with Gasteiger partial charge in [0.15, 0.2) is 0 Å². The van der Waals surface area contributed by atoms with Crippen molar-refractivity contribution in [3.8, 4) is 0 Å². The number of amides is 1. The quantitative estimate of drug-likeness (QED) is 0.549. The third-order valence-corrected chi connectivity index (χ3v) is 4.65. The highest BCUT2D eigenvalue weighted by Crippen LogP contribution is 2.28. The summed E-state index contributed by atoms with van der Waals surface area (Å²) >= 11 is 0. The smallest absolute Gasteiger partial charge is 0.279 e. The van der Waals surface area contributed by atoms with Gasteiger partial charge in [-0.1, -0.05) is 12.1 Å². The van der Waals surface area contributed by atoms with Gasteiger partial charge in [-0.15, -0.1) is 0 Å². The van der Waals surface area contributed by atoms with Crippen molar-refractivity contribution in [3.63, 3.8) is 0 Å². The van der Waals surface area contributed by atoms with E-state index in [-0.39, 0.29) is 22.6 Å². The summed E-state index contributed by atoms with van der Waals surface area (Å²) in [4.78, 5) is 32.6. The Morgan fingerprint density at radius 2 is 1.70 bits per heavy atom. The van der Waals surface area contributed by atoms with Crippen LogP contribution in [0.3, 0.4) is 0 Å². The van der Waals surface area contributed by atoms with Gasteiger partial charge in [-0.25, -0.2) is 13.6 Å². The number of nitrogens with two attached hydrogens (primary N) is 1. The maximum Gasteiger partial charge on any atom is 0.279 e. The van der Waals surface area contributed by atoms with Crippen LogP contribution in [0.2, 0.25) is 0 Å². The van der Waals surface area contributed by atoms with E-state index >= 15 is 0 Å². The van der Waals surface area contributed by atoms with Gasteiger partial charge in [0.25, 0.3) is 17.3 Å². The zero-order chi connectivity index (χ0) is 20.4. The molecule has 12 heteroatoms. The monoisotopic (exact) mass is 394 g/mol. The van der Waals surface area contributed by atoms with Crippen LogP contribution in [0.4, 0.5) is 11.4 Å². The molecule has 0 bridgehead atoms. The van der Waals surface area contributed by atoms with E-state index in [1.165, 1.54) is 31.2 Å². The maximum atomic E-state index is 12.3. The second kappa shape index (κ2) is 7.47. The standard InChI is InChI=1S/C15H14N4O7S/c1-9-13(6-11(18(21)22)7-14(9)19(23)24)15(20)17-8-10-2-4-12(5-3-10)27(16,25)26/h2-7H,8H2,1H3,(H,17,20)(H2,16,25,26). The number of sulfonamides is 1. The van der Waals surface area contributed by atoms with E-state index in [4.69, 9.17) is 5.14 Å². The molecule has 11 nitrogen and oxygen atoms in total. The topological polar surface area (TPSA) is 176 Å². The van der Waals surface area contributed by atoms with Crippen molar-refractivity contribution < 1.29 is 23.1 Å². The van der Waals surface area contributed by atoms with Crippen LogP contribution in [0.25, 0.3) is 0 Å². The molecule has 2 aromatic carbocycles. The SMILES string of the molecule is Cc1c(C(=O)NCc2ccc(S(N)(=O)=O)cc2)cc([N+](=O)[O-])cc1[N+](=O)[O-]. The van der Waals surface area contributed by atoms with Crippen LogP contribution >= 0.6 is 0 Å². The molecule has 0 radical (unpaired) electrons. The van der Waals surface area contributed by atoms with Gasteiger partial charge >= 0.3 is 0 Å². The number of non-ortho nitro benzene ring substituents is 1. The van der Waals surface area contributed by atoms with E-state index in [1.54, 1.807) is 0 Å². The summed E-state index contributed by atoms with van der Waals surface area (Å²) in [7, 11) is -3.84. The Bertz CT molecular complexity index is 1030. The van der Waals surface area contributed by atoms with Crippen molar-refractivity contribution in [1.82, 2.24) is 5.32 Å². The number of hydrogen-bond donors (Lipinski definition) is 2. The van der Waals surface area contributed by atoms with Gasteiger partial charge in [-0.2, -0.15) is 0 Å². The number of carbonyl (C=O) groups is 1. The van der Waals surface area contributed by atoms with Crippen LogP contribution in [-0.2, 0) is 16.6 Å². The van der Waals surface area contributed by atoms with Gasteiger partial charge in [0.1, 0.15) is 0 Å². The van der Waals surface area contributed by atoms with E-state index in [2.05, 4.69) is 5.32 Å². The highest BCUT2D eigenvalue weighted by atomic mass is 32.2. The average molecular weight is 394 g/mol. The molecule has 0 aromatic heterocycles. The molecule has 0 saturated heterocycles. The number of carbonyl (C=O) groups excluding carboxylic acids is 1. The molecule has 142 valence electrons. The molecular weight excluding hydrogens is 380 g/mol. The molecule has 2 rings (SSSR count). The van der Waals surface area contributed by atoms with Crippen LogP contribution in [0, 0.1) is 27.2 Å². The molecule has 3 N–H and O–H groups in total. The van der Waals surface area contributed by atoms with E-state index in [0.29, 0.717) is 5.56 Å². The van der Waals surface area contributed by atoms with Crippen molar-refractivity contribution >= 4 is 27.3 Å². The Hall–Kier alpha value is -3.38. The largest absolute Gasteiger partial charge is 0.348 e. The van der Waals surface area contributed by atoms with Crippen molar-refractivity contribution in [3.05, 3.63) is 73.3 Å². The fourth-order valence-corrected chi connectivity index (χ4v) is 2.80. The van der Waals surface area contributed by atoms with E-state index in [0.717, 1.165) is 12.1 Å². The summed E-state index contributed by atoms with van der Waals surface area (Å²) in [5.41, 5.74) is -0.778. The van der Waals surface area contributed by atoms with Gasteiger partial charge < -0.3 is 5.32 Å². The lowest BCUT2D eigenvalue weighted by Crippen LogP contribution is -2.24. The van der Waals surface area contributed by atoms with Crippen LogP contribution in [0.5, 0.6) is 0 Å².